The maximum absolute atomic E-state index is 9.66. The van der Waals surface area contributed by atoms with Crippen LogP contribution in [-0.4, -0.2) is 5.11 Å². The molecule has 21 heavy (non-hydrogen) atoms. The van der Waals surface area contributed by atoms with E-state index in [9.17, 15) is 5.11 Å². The molecule has 1 aliphatic rings. The van der Waals surface area contributed by atoms with Crippen molar-refractivity contribution >= 4 is 21.6 Å². The zero-order chi connectivity index (χ0) is 15.0. The number of aromatic hydroxyl groups is 1. The highest BCUT2D eigenvalue weighted by Crippen LogP contribution is 2.37. The minimum atomic E-state index is 0.312. The quantitative estimate of drug-likeness (QED) is 0.777. The first-order valence-corrected chi connectivity index (χ1v) is 8.19. The number of anilines is 1. The summed E-state index contributed by atoms with van der Waals surface area (Å²) >= 11 is 3.67. The first-order valence-electron chi connectivity index (χ1n) is 7.39. The molecule has 0 heterocycles. The van der Waals surface area contributed by atoms with Gasteiger partial charge in [-0.25, -0.2) is 0 Å². The zero-order valence-corrected chi connectivity index (χ0v) is 14.0. The molecule has 0 saturated heterocycles. The van der Waals surface area contributed by atoms with Crippen LogP contribution in [0.1, 0.15) is 41.1 Å². The van der Waals surface area contributed by atoms with Crippen LogP contribution in [0.25, 0.3) is 0 Å². The average Bonchev–Trinajstić information content (AvgIpc) is 2.42. The molecule has 0 spiro atoms. The maximum atomic E-state index is 9.66. The van der Waals surface area contributed by atoms with Gasteiger partial charge in [-0.1, -0.05) is 12.1 Å². The number of phenols is 1. The highest BCUT2D eigenvalue weighted by atomic mass is 79.9. The van der Waals surface area contributed by atoms with Gasteiger partial charge in [0.25, 0.3) is 0 Å². The fraction of sp³-hybridized carbons (Fsp3) is 0.333. The Morgan fingerprint density at radius 2 is 2.00 bits per heavy atom. The Labute approximate surface area is 134 Å². The Hall–Kier alpha value is -1.48. The van der Waals surface area contributed by atoms with Gasteiger partial charge in [0, 0.05) is 4.47 Å². The van der Waals surface area contributed by atoms with Crippen LogP contribution in [0.3, 0.4) is 0 Å². The van der Waals surface area contributed by atoms with E-state index in [4.69, 9.17) is 0 Å². The van der Waals surface area contributed by atoms with E-state index < -0.39 is 0 Å². The van der Waals surface area contributed by atoms with Crippen LogP contribution in [0.5, 0.6) is 5.75 Å². The molecule has 0 bridgehead atoms. The third kappa shape index (κ3) is 2.93. The Morgan fingerprint density at radius 1 is 1.19 bits per heavy atom. The number of aryl methyl sites for hydroxylation is 3. The van der Waals surface area contributed by atoms with Crippen LogP contribution in [-0.2, 0) is 6.42 Å². The summed E-state index contributed by atoms with van der Waals surface area (Å²) < 4.78 is 1.12. The van der Waals surface area contributed by atoms with Gasteiger partial charge in [0.1, 0.15) is 5.75 Å². The van der Waals surface area contributed by atoms with Crippen LogP contribution in [0.4, 0.5) is 5.69 Å². The molecule has 0 aromatic heterocycles. The predicted molar refractivity (Wildman–Crippen MR) is 91.0 cm³/mol. The average molecular weight is 346 g/mol. The molecule has 0 aliphatic heterocycles. The SMILES string of the molecule is Cc1cc(C)c(NC2CCCc3cc(O)ccc32)c(Br)c1. The third-order valence-electron chi connectivity index (χ3n) is 4.19. The van der Waals surface area contributed by atoms with Crippen molar-refractivity contribution in [2.24, 2.45) is 0 Å². The summed E-state index contributed by atoms with van der Waals surface area (Å²) in [6, 6.07) is 10.4. The number of phenolic OH excluding ortho intramolecular Hbond substituents is 1. The van der Waals surface area contributed by atoms with E-state index in [1.54, 1.807) is 6.07 Å². The molecule has 0 radical (unpaired) electrons. The molecule has 1 atom stereocenters. The molecule has 1 aliphatic carbocycles. The highest BCUT2D eigenvalue weighted by molar-refractivity contribution is 9.10. The molecule has 2 aromatic rings. The molecule has 3 heteroatoms. The Balaban J connectivity index is 1.94. The van der Waals surface area contributed by atoms with Gasteiger partial charge in [0.2, 0.25) is 0 Å². The van der Waals surface area contributed by atoms with Crippen molar-refractivity contribution < 1.29 is 5.11 Å². The fourth-order valence-electron chi connectivity index (χ4n) is 3.22. The summed E-state index contributed by atoms with van der Waals surface area (Å²) in [6.07, 6.45) is 3.32. The summed E-state index contributed by atoms with van der Waals surface area (Å²) in [7, 11) is 0. The van der Waals surface area contributed by atoms with Crippen LogP contribution in [0.15, 0.2) is 34.8 Å². The van der Waals surface area contributed by atoms with E-state index in [0.717, 1.165) is 23.7 Å². The van der Waals surface area contributed by atoms with E-state index in [1.165, 1.54) is 27.9 Å². The molecule has 3 rings (SSSR count). The molecule has 2 N–H and O–H groups in total. The smallest absolute Gasteiger partial charge is 0.115 e. The lowest BCUT2D eigenvalue weighted by Crippen LogP contribution is -2.18. The fourth-order valence-corrected chi connectivity index (χ4v) is 4.01. The van der Waals surface area contributed by atoms with E-state index in [-0.39, 0.29) is 0 Å². The van der Waals surface area contributed by atoms with Crippen molar-refractivity contribution in [3.05, 3.63) is 57.1 Å². The van der Waals surface area contributed by atoms with Crippen molar-refractivity contribution in [3.63, 3.8) is 0 Å². The maximum Gasteiger partial charge on any atom is 0.115 e. The highest BCUT2D eigenvalue weighted by Gasteiger charge is 2.21. The van der Waals surface area contributed by atoms with E-state index in [2.05, 4.69) is 53.3 Å². The molecule has 110 valence electrons. The number of hydrogen-bond donors (Lipinski definition) is 2. The Bertz CT molecular complexity index is 658. The normalized spacial score (nSPS) is 17.4. The second-order valence-corrected chi connectivity index (χ2v) is 6.77. The van der Waals surface area contributed by atoms with E-state index in [1.807, 2.05) is 6.07 Å². The van der Waals surface area contributed by atoms with Crippen LogP contribution >= 0.6 is 15.9 Å². The van der Waals surface area contributed by atoms with Crippen molar-refractivity contribution in [2.75, 3.05) is 5.32 Å². The number of rotatable bonds is 2. The second kappa shape index (κ2) is 5.72. The van der Waals surface area contributed by atoms with Crippen LogP contribution < -0.4 is 5.32 Å². The second-order valence-electron chi connectivity index (χ2n) is 5.91. The topological polar surface area (TPSA) is 32.3 Å². The first kappa shape index (κ1) is 14.5. The molecule has 2 nitrogen and oxygen atoms in total. The summed E-state index contributed by atoms with van der Waals surface area (Å²) in [6.45, 7) is 4.25. The summed E-state index contributed by atoms with van der Waals surface area (Å²) in [4.78, 5) is 0. The molecular formula is C18H20BrNO. The van der Waals surface area contributed by atoms with Gasteiger partial charge >= 0.3 is 0 Å². The van der Waals surface area contributed by atoms with Crippen LogP contribution in [0.2, 0.25) is 0 Å². The largest absolute Gasteiger partial charge is 0.508 e. The molecule has 0 amide bonds. The minimum Gasteiger partial charge on any atom is -0.508 e. The van der Waals surface area contributed by atoms with E-state index in [0.29, 0.717) is 11.8 Å². The molecule has 1 unspecified atom stereocenters. The van der Waals surface area contributed by atoms with Gasteiger partial charge in [-0.2, -0.15) is 0 Å². The molecule has 0 fully saturated rings. The number of halogens is 1. The molecular weight excluding hydrogens is 326 g/mol. The number of nitrogens with one attached hydrogen (secondary N) is 1. The van der Waals surface area contributed by atoms with Gasteiger partial charge in [-0.05, 0) is 89.5 Å². The number of fused-ring (bicyclic) bond motifs is 1. The standard InChI is InChI=1S/C18H20BrNO/c1-11-8-12(2)18(16(19)9-11)20-17-5-3-4-13-10-14(21)6-7-15(13)17/h6-10,17,20-21H,3-5H2,1-2H3. The molecule has 2 aromatic carbocycles. The number of benzene rings is 2. The first-order chi connectivity index (χ1) is 10.0. The van der Waals surface area contributed by atoms with Gasteiger partial charge in [0.05, 0.1) is 11.7 Å². The van der Waals surface area contributed by atoms with Crippen molar-refractivity contribution in [1.82, 2.24) is 0 Å². The Kier molecular flexibility index (Phi) is 3.94. The Morgan fingerprint density at radius 3 is 2.76 bits per heavy atom. The minimum absolute atomic E-state index is 0.312. The summed E-state index contributed by atoms with van der Waals surface area (Å²) in [5, 5.41) is 13.3. The van der Waals surface area contributed by atoms with Crippen molar-refractivity contribution in [1.29, 1.82) is 0 Å². The van der Waals surface area contributed by atoms with Gasteiger partial charge in [-0.15, -0.1) is 0 Å². The van der Waals surface area contributed by atoms with Gasteiger partial charge in [0.15, 0.2) is 0 Å². The third-order valence-corrected chi connectivity index (χ3v) is 4.82. The lowest BCUT2D eigenvalue weighted by Gasteiger charge is -2.28. The summed E-state index contributed by atoms with van der Waals surface area (Å²) in [5.74, 6) is 0.363. The summed E-state index contributed by atoms with van der Waals surface area (Å²) in [5.41, 5.74) is 6.27. The lowest BCUT2D eigenvalue weighted by molar-refractivity contribution is 0.472. The van der Waals surface area contributed by atoms with E-state index >= 15 is 0 Å². The van der Waals surface area contributed by atoms with Crippen molar-refractivity contribution in [2.45, 2.75) is 39.2 Å². The molecule has 0 saturated carbocycles. The van der Waals surface area contributed by atoms with Crippen molar-refractivity contribution in [3.8, 4) is 5.75 Å². The lowest BCUT2D eigenvalue weighted by atomic mass is 9.87. The van der Waals surface area contributed by atoms with Crippen LogP contribution in [0, 0.1) is 13.8 Å². The monoisotopic (exact) mass is 345 g/mol. The predicted octanol–water partition coefficient (Wildman–Crippen LogP) is 5.26. The van der Waals surface area contributed by atoms with Gasteiger partial charge < -0.3 is 10.4 Å². The van der Waals surface area contributed by atoms with Gasteiger partial charge in [-0.3, -0.25) is 0 Å². The zero-order valence-electron chi connectivity index (χ0n) is 12.4. The number of hydrogen-bond acceptors (Lipinski definition) is 2.